The second-order valence-electron chi connectivity index (χ2n) is 5.91. The number of para-hydroxylation sites is 2. The Morgan fingerprint density at radius 2 is 1.95 bits per heavy atom. The van der Waals surface area contributed by atoms with Crippen molar-refractivity contribution in [2.24, 2.45) is 5.73 Å². The number of aromatic nitrogens is 2. The van der Waals surface area contributed by atoms with Gasteiger partial charge in [0.2, 0.25) is 0 Å². The number of benzene rings is 1. The zero-order valence-corrected chi connectivity index (χ0v) is 12.8. The van der Waals surface area contributed by atoms with E-state index in [0.29, 0.717) is 6.54 Å². The Balaban J connectivity index is 1.87. The van der Waals surface area contributed by atoms with Crippen LogP contribution < -0.4 is 5.73 Å². The van der Waals surface area contributed by atoms with Gasteiger partial charge in [0.1, 0.15) is 5.82 Å². The minimum Gasteiger partial charge on any atom is -0.373 e. The molecule has 0 spiro atoms. The molecule has 1 aromatic heterocycles. The molecule has 0 saturated carbocycles. The van der Waals surface area contributed by atoms with Crippen LogP contribution in [0.2, 0.25) is 0 Å². The molecule has 114 valence electrons. The van der Waals surface area contributed by atoms with Crippen molar-refractivity contribution in [3.63, 3.8) is 0 Å². The topological polar surface area (TPSA) is 56.3 Å². The molecule has 5 heteroatoms. The van der Waals surface area contributed by atoms with Gasteiger partial charge in [-0.25, -0.2) is 4.98 Å². The standard InChI is InChI=1S/C16H24N4O/c1-12-9-19(10-13(2)21-12)11-16-18-14-5-3-4-6-15(14)20(16)8-7-17/h3-6,12-13H,7-11,17H2,1-2H3. The van der Waals surface area contributed by atoms with Gasteiger partial charge in [0.15, 0.2) is 0 Å². The molecule has 2 unspecified atom stereocenters. The van der Waals surface area contributed by atoms with Crippen molar-refractivity contribution in [2.45, 2.75) is 39.1 Å². The molecule has 1 fully saturated rings. The van der Waals surface area contributed by atoms with E-state index in [-0.39, 0.29) is 12.2 Å². The van der Waals surface area contributed by atoms with Crippen LogP contribution in [0.1, 0.15) is 19.7 Å². The van der Waals surface area contributed by atoms with E-state index in [9.17, 15) is 0 Å². The maximum Gasteiger partial charge on any atom is 0.124 e. The summed E-state index contributed by atoms with van der Waals surface area (Å²) in [7, 11) is 0. The first kappa shape index (κ1) is 14.5. The first-order chi connectivity index (χ1) is 10.2. The zero-order valence-electron chi connectivity index (χ0n) is 12.8. The maximum absolute atomic E-state index is 5.80. The van der Waals surface area contributed by atoms with E-state index >= 15 is 0 Å². The first-order valence-electron chi connectivity index (χ1n) is 7.69. The van der Waals surface area contributed by atoms with E-state index in [1.54, 1.807) is 0 Å². The normalized spacial score (nSPS) is 23.8. The SMILES string of the molecule is CC1CN(Cc2nc3ccccc3n2CCN)CC(C)O1. The molecule has 1 saturated heterocycles. The lowest BCUT2D eigenvalue weighted by Crippen LogP contribution is -2.45. The Bertz CT molecular complexity index is 599. The summed E-state index contributed by atoms with van der Waals surface area (Å²) in [5.74, 6) is 1.10. The van der Waals surface area contributed by atoms with Crippen LogP contribution in [-0.4, -0.2) is 46.3 Å². The van der Waals surface area contributed by atoms with Gasteiger partial charge < -0.3 is 15.0 Å². The molecule has 1 aliphatic rings. The predicted octanol–water partition coefficient (Wildman–Crippen LogP) is 1.60. The Labute approximate surface area is 125 Å². The summed E-state index contributed by atoms with van der Waals surface area (Å²) in [6, 6.07) is 8.27. The van der Waals surface area contributed by atoms with Gasteiger partial charge >= 0.3 is 0 Å². The van der Waals surface area contributed by atoms with Gasteiger partial charge in [0.25, 0.3) is 0 Å². The number of nitrogens with two attached hydrogens (primary N) is 1. The fourth-order valence-electron chi connectivity index (χ4n) is 3.24. The Morgan fingerprint density at radius 1 is 1.24 bits per heavy atom. The van der Waals surface area contributed by atoms with Crippen molar-refractivity contribution >= 4 is 11.0 Å². The van der Waals surface area contributed by atoms with Crippen LogP contribution in [0.5, 0.6) is 0 Å². The average Bonchev–Trinajstić information content (AvgIpc) is 2.76. The molecule has 0 bridgehead atoms. The van der Waals surface area contributed by atoms with E-state index in [4.69, 9.17) is 15.5 Å². The van der Waals surface area contributed by atoms with Crippen LogP contribution in [0, 0.1) is 0 Å². The largest absolute Gasteiger partial charge is 0.373 e. The summed E-state index contributed by atoms with van der Waals surface area (Å²) in [6.45, 7) is 8.46. The van der Waals surface area contributed by atoms with Crippen molar-refractivity contribution in [2.75, 3.05) is 19.6 Å². The number of ether oxygens (including phenoxy) is 1. The van der Waals surface area contributed by atoms with E-state index in [2.05, 4.69) is 41.5 Å². The summed E-state index contributed by atoms with van der Waals surface area (Å²) < 4.78 is 8.05. The first-order valence-corrected chi connectivity index (χ1v) is 7.69. The Kier molecular flexibility index (Phi) is 4.24. The molecular formula is C16H24N4O. The number of rotatable bonds is 4. The minimum atomic E-state index is 0.279. The lowest BCUT2D eigenvalue weighted by atomic mass is 10.2. The minimum absolute atomic E-state index is 0.279. The highest BCUT2D eigenvalue weighted by molar-refractivity contribution is 5.75. The maximum atomic E-state index is 5.80. The highest BCUT2D eigenvalue weighted by Gasteiger charge is 2.23. The van der Waals surface area contributed by atoms with Gasteiger partial charge in [-0.2, -0.15) is 0 Å². The molecule has 5 nitrogen and oxygen atoms in total. The smallest absolute Gasteiger partial charge is 0.124 e. The molecule has 1 aliphatic heterocycles. The van der Waals surface area contributed by atoms with Crippen LogP contribution in [0.15, 0.2) is 24.3 Å². The molecule has 2 heterocycles. The third-order valence-electron chi connectivity index (χ3n) is 3.95. The van der Waals surface area contributed by atoms with E-state index in [1.165, 1.54) is 5.52 Å². The van der Waals surface area contributed by atoms with E-state index in [0.717, 1.165) is 37.5 Å². The molecule has 0 amide bonds. The van der Waals surface area contributed by atoms with Crippen LogP contribution in [0.25, 0.3) is 11.0 Å². The summed E-state index contributed by atoms with van der Waals surface area (Å²) in [5, 5.41) is 0. The highest BCUT2D eigenvalue weighted by Crippen LogP contribution is 2.19. The van der Waals surface area contributed by atoms with E-state index in [1.807, 2.05) is 6.07 Å². The van der Waals surface area contributed by atoms with Crippen LogP contribution in [0.4, 0.5) is 0 Å². The molecule has 0 radical (unpaired) electrons. The molecule has 2 N–H and O–H groups in total. The van der Waals surface area contributed by atoms with Crippen molar-refractivity contribution in [3.8, 4) is 0 Å². The third kappa shape index (κ3) is 3.10. The van der Waals surface area contributed by atoms with Gasteiger partial charge in [-0.3, -0.25) is 4.90 Å². The second-order valence-corrected chi connectivity index (χ2v) is 5.91. The summed E-state index contributed by atoms with van der Waals surface area (Å²) >= 11 is 0. The number of hydrogen-bond donors (Lipinski definition) is 1. The van der Waals surface area contributed by atoms with Crippen LogP contribution in [-0.2, 0) is 17.8 Å². The lowest BCUT2D eigenvalue weighted by molar-refractivity contribution is -0.0712. The monoisotopic (exact) mass is 288 g/mol. The number of fused-ring (bicyclic) bond motifs is 1. The van der Waals surface area contributed by atoms with Gasteiger partial charge in [-0.1, -0.05) is 12.1 Å². The quantitative estimate of drug-likeness (QED) is 0.928. The Morgan fingerprint density at radius 3 is 2.67 bits per heavy atom. The van der Waals surface area contributed by atoms with Gasteiger partial charge in [-0.05, 0) is 26.0 Å². The molecule has 21 heavy (non-hydrogen) atoms. The predicted molar refractivity (Wildman–Crippen MR) is 84.1 cm³/mol. The number of morpholine rings is 1. The number of hydrogen-bond acceptors (Lipinski definition) is 4. The van der Waals surface area contributed by atoms with Crippen molar-refractivity contribution in [3.05, 3.63) is 30.1 Å². The summed E-state index contributed by atoms with van der Waals surface area (Å²) in [6.07, 6.45) is 0.558. The second kappa shape index (κ2) is 6.13. The molecule has 3 rings (SSSR count). The number of nitrogens with zero attached hydrogens (tertiary/aromatic N) is 3. The van der Waals surface area contributed by atoms with Crippen molar-refractivity contribution in [1.29, 1.82) is 0 Å². The molecule has 0 aliphatic carbocycles. The fraction of sp³-hybridized carbons (Fsp3) is 0.562. The molecular weight excluding hydrogens is 264 g/mol. The van der Waals surface area contributed by atoms with Gasteiger partial charge in [-0.15, -0.1) is 0 Å². The summed E-state index contributed by atoms with van der Waals surface area (Å²) in [4.78, 5) is 7.22. The third-order valence-corrected chi connectivity index (χ3v) is 3.95. The number of imidazole rings is 1. The molecule has 1 aromatic carbocycles. The van der Waals surface area contributed by atoms with Gasteiger partial charge in [0, 0.05) is 26.2 Å². The zero-order chi connectivity index (χ0) is 14.8. The fourth-order valence-corrected chi connectivity index (χ4v) is 3.24. The van der Waals surface area contributed by atoms with Crippen LogP contribution in [0.3, 0.4) is 0 Å². The molecule has 2 aromatic rings. The van der Waals surface area contributed by atoms with E-state index < -0.39 is 0 Å². The highest BCUT2D eigenvalue weighted by atomic mass is 16.5. The van der Waals surface area contributed by atoms with Crippen LogP contribution >= 0.6 is 0 Å². The lowest BCUT2D eigenvalue weighted by Gasteiger charge is -2.35. The summed E-state index contributed by atoms with van der Waals surface area (Å²) in [5.41, 5.74) is 8.00. The average molecular weight is 288 g/mol. The van der Waals surface area contributed by atoms with Crippen molar-refractivity contribution in [1.82, 2.24) is 14.5 Å². The van der Waals surface area contributed by atoms with Crippen molar-refractivity contribution < 1.29 is 4.74 Å². The van der Waals surface area contributed by atoms with Gasteiger partial charge in [0.05, 0.1) is 29.8 Å². The Hall–Kier alpha value is -1.43. The molecule has 2 atom stereocenters.